The molecular formula is C22H27ClN2O2S. The number of nitrogens with one attached hydrogen (secondary N) is 1. The number of hydrogen-bond acceptors (Lipinski definition) is 3. The highest BCUT2D eigenvalue weighted by Gasteiger charge is 2.26. The molecule has 6 heteroatoms. The van der Waals surface area contributed by atoms with Crippen molar-refractivity contribution in [3.8, 4) is 0 Å². The second-order valence-corrected chi connectivity index (χ2v) is 8.58. The number of halogens is 1. The molecule has 0 aromatic heterocycles. The Morgan fingerprint density at radius 3 is 2.39 bits per heavy atom. The van der Waals surface area contributed by atoms with Crippen molar-refractivity contribution in [1.29, 1.82) is 0 Å². The van der Waals surface area contributed by atoms with E-state index < -0.39 is 6.04 Å². The van der Waals surface area contributed by atoms with E-state index in [0.29, 0.717) is 11.6 Å². The number of amides is 2. The molecule has 1 atom stereocenters. The van der Waals surface area contributed by atoms with E-state index in [1.165, 1.54) is 17.3 Å². The van der Waals surface area contributed by atoms with Crippen molar-refractivity contribution in [2.24, 2.45) is 0 Å². The van der Waals surface area contributed by atoms with Gasteiger partial charge in [0.25, 0.3) is 0 Å². The largest absolute Gasteiger partial charge is 0.352 e. The fourth-order valence-corrected chi connectivity index (χ4v) is 3.68. The molecule has 0 heterocycles. The van der Waals surface area contributed by atoms with Crippen molar-refractivity contribution < 1.29 is 9.59 Å². The number of aryl methyl sites for hydroxylation is 1. The molecule has 0 unspecified atom stereocenters. The van der Waals surface area contributed by atoms with Gasteiger partial charge in [-0.2, -0.15) is 0 Å². The molecule has 28 heavy (non-hydrogen) atoms. The van der Waals surface area contributed by atoms with Crippen molar-refractivity contribution in [1.82, 2.24) is 10.2 Å². The second-order valence-electron chi connectivity index (χ2n) is 7.09. The molecule has 2 aromatic carbocycles. The second kappa shape index (κ2) is 10.5. The minimum Gasteiger partial charge on any atom is -0.352 e. The summed E-state index contributed by atoms with van der Waals surface area (Å²) in [6.07, 6.45) is 0. The molecule has 150 valence electrons. The predicted molar refractivity (Wildman–Crippen MR) is 117 cm³/mol. The lowest BCUT2D eigenvalue weighted by Crippen LogP contribution is -2.49. The maximum Gasteiger partial charge on any atom is 0.242 e. The highest BCUT2D eigenvalue weighted by Crippen LogP contribution is 2.21. The molecule has 0 spiro atoms. The van der Waals surface area contributed by atoms with E-state index in [1.54, 1.807) is 17.9 Å². The van der Waals surface area contributed by atoms with Crippen molar-refractivity contribution >= 4 is 35.2 Å². The Balaban J connectivity index is 2.14. The number of benzene rings is 2. The zero-order chi connectivity index (χ0) is 20.7. The van der Waals surface area contributed by atoms with Gasteiger partial charge >= 0.3 is 0 Å². The number of hydrogen-bond donors (Lipinski definition) is 1. The Morgan fingerprint density at radius 2 is 1.79 bits per heavy atom. The van der Waals surface area contributed by atoms with E-state index in [2.05, 4.69) is 5.32 Å². The molecule has 2 rings (SSSR count). The van der Waals surface area contributed by atoms with Gasteiger partial charge in [-0.05, 0) is 57.5 Å². The third kappa shape index (κ3) is 6.88. The van der Waals surface area contributed by atoms with Gasteiger partial charge in [0.1, 0.15) is 6.04 Å². The zero-order valence-corrected chi connectivity index (χ0v) is 18.3. The van der Waals surface area contributed by atoms with Gasteiger partial charge in [-0.25, -0.2) is 0 Å². The molecule has 0 saturated heterocycles. The summed E-state index contributed by atoms with van der Waals surface area (Å²) in [5.41, 5.74) is 2.07. The van der Waals surface area contributed by atoms with Crippen LogP contribution in [-0.2, 0) is 16.1 Å². The highest BCUT2D eigenvalue weighted by molar-refractivity contribution is 8.00. The monoisotopic (exact) mass is 418 g/mol. The normalized spacial score (nSPS) is 11.9. The van der Waals surface area contributed by atoms with Crippen LogP contribution in [0.4, 0.5) is 0 Å². The third-order valence-electron chi connectivity index (χ3n) is 4.22. The van der Waals surface area contributed by atoms with E-state index in [0.717, 1.165) is 10.5 Å². The number of carbonyl (C=O) groups is 2. The average molecular weight is 419 g/mol. The highest BCUT2D eigenvalue weighted by atomic mass is 35.5. The van der Waals surface area contributed by atoms with Crippen molar-refractivity contribution in [3.63, 3.8) is 0 Å². The smallest absolute Gasteiger partial charge is 0.242 e. The molecule has 1 N–H and O–H groups in total. The molecule has 0 radical (unpaired) electrons. The maximum atomic E-state index is 13.0. The van der Waals surface area contributed by atoms with E-state index in [1.807, 2.05) is 63.2 Å². The Morgan fingerprint density at radius 1 is 1.11 bits per heavy atom. The minimum atomic E-state index is -0.576. The van der Waals surface area contributed by atoms with Crippen molar-refractivity contribution in [2.75, 3.05) is 5.75 Å². The van der Waals surface area contributed by atoms with E-state index in [-0.39, 0.29) is 23.6 Å². The maximum absolute atomic E-state index is 13.0. The summed E-state index contributed by atoms with van der Waals surface area (Å²) in [6, 6.07) is 14.9. The molecular weight excluding hydrogens is 392 g/mol. The summed E-state index contributed by atoms with van der Waals surface area (Å²) in [6.45, 7) is 7.93. The van der Waals surface area contributed by atoms with E-state index in [4.69, 9.17) is 11.6 Å². The standard InChI is InChI=1S/C22H27ClN2O2S/c1-15(2)24-22(27)17(4)25(13-18-6-5-7-19(23)12-18)21(26)14-28-20-10-8-16(3)9-11-20/h5-12,15,17H,13-14H2,1-4H3,(H,24,27)/t17-/m1/s1. The van der Waals surface area contributed by atoms with Crippen LogP contribution in [0.3, 0.4) is 0 Å². The lowest BCUT2D eigenvalue weighted by Gasteiger charge is -2.29. The Hall–Kier alpha value is -1.98. The van der Waals surface area contributed by atoms with Crippen LogP contribution in [0.2, 0.25) is 5.02 Å². The van der Waals surface area contributed by atoms with Gasteiger partial charge in [-0.15, -0.1) is 11.8 Å². The van der Waals surface area contributed by atoms with Gasteiger partial charge in [-0.3, -0.25) is 9.59 Å². The average Bonchev–Trinajstić information content (AvgIpc) is 2.64. The first-order chi connectivity index (χ1) is 13.3. The van der Waals surface area contributed by atoms with Crippen LogP contribution in [-0.4, -0.2) is 34.6 Å². The van der Waals surface area contributed by atoms with Gasteiger partial charge < -0.3 is 10.2 Å². The van der Waals surface area contributed by atoms with Crippen LogP contribution >= 0.6 is 23.4 Å². The summed E-state index contributed by atoms with van der Waals surface area (Å²) in [5, 5.41) is 3.50. The first kappa shape index (κ1) is 22.3. The summed E-state index contributed by atoms with van der Waals surface area (Å²) in [7, 11) is 0. The van der Waals surface area contributed by atoms with Crippen LogP contribution in [0.15, 0.2) is 53.4 Å². The Labute approximate surface area is 176 Å². The lowest BCUT2D eigenvalue weighted by atomic mass is 10.1. The number of rotatable bonds is 8. The predicted octanol–water partition coefficient (Wildman–Crippen LogP) is 4.68. The lowest BCUT2D eigenvalue weighted by molar-refractivity contribution is -0.138. The quantitative estimate of drug-likeness (QED) is 0.633. The summed E-state index contributed by atoms with van der Waals surface area (Å²) in [5.74, 6) is 0.0193. The van der Waals surface area contributed by atoms with Crippen LogP contribution in [0, 0.1) is 6.92 Å². The van der Waals surface area contributed by atoms with Gasteiger partial charge in [0.2, 0.25) is 11.8 Å². The van der Waals surface area contributed by atoms with Crippen LogP contribution in [0.1, 0.15) is 31.9 Å². The van der Waals surface area contributed by atoms with Gasteiger partial charge in [0.15, 0.2) is 0 Å². The van der Waals surface area contributed by atoms with Crippen molar-refractivity contribution in [2.45, 2.75) is 51.2 Å². The third-order valence-corrected chi connectivity index (χ3v) is 5.46. The number of nitrogens with zero attached hydrogens (tertiary/aromatic N) is 1. The molecule has 0 saturated carbocycles. The molecule has 0 aliphatic rings. The molecule has 2 aromatic rings. The van der Waals surface area contributed by atoms with Crippen LogP contribution in [0.25, 0.3) is 0 Å². The first-order valence-electron chi connectivity index (χ1n) is 9.30. The fourth-order valence-electron chi connectivity index (χ4n) is 2.68. The van der Waals surface area contributed by atoms with Crippen molar-refractivity contribution in [3.05, 3.63) is 64.7 Å². The fraction of sp³-hybridized carbons (Fsp3) is 0.364. The SMILES string of the molecule is Cc1ccc(SCC(=O)N(Cc2cccc(Cl)c2)[C@H](C)C(=O)NC(C)C)cc1. The first-order valence-corrected chi connectivity index (χ1v) is 10.7. The van der Waals surface area contributed by atoms with Crippen LogP contribution in [0.5, 0.6) is 0 Å². The number of carbonyl (C=O) groups excluding carboxylic acids is 2. The molecule has 2 amide bonds. The van der Waals surface area contributed by atoms with Gasteiger partial charge in [0.05, 0.1) is 5.75 Å². The van der Waals surface area contributed by atoms with E-state index >= 15 is 0 Å². The van der Waals surface area contributed by atoms with Crippen LogP contribution < -0.4 is 5.32 Å². The Bertz CT molecular complexity index is 808. The summed E-state index contributed by atoms with van der Waals surface area (Å²) in [4.78, 5) is 28.2. The summed E-state index contributed by atoms with van der Waals surface area (Å²) >= 11 is 7.56. The number of thioether (sulfide) groups is 1. The molecule has 4 nitrogen and oxygen atoms in total. The molecule has 0 bridgehead atoms. The minimum absolute atomic E-state index is 0.0139. The van der Waals surface area contributed by atoms with Gasteiger partial charge in [-0.1, -0.05) is 41.4 Å². The summed E-state index contributed by atoms with van der Waals surface area (Å²) < 4.78 is 0. The van der Waals surface area contributed by atoms with E-state index in [9.17, 15) is 9.59 Å². The molecule has 0 aliphatic heterocycles. The molecule has 0 aliphatic carbocycles. The zero-order valence-electron chi connectivity index (χ0n) is 16.7. The van der Waals surface area contributed by atoms with Gasteiger partial charge in [0, 0.05) is 22.5 Å². The molecule has 0 fully saturated rings. The topological polar surface area (TPSA) is 49.4 Å². The Kier molecular flexibility index (Phi) is 8.39.